The summed E-state index contributed by atoms with van der Waals surface area (Å²) >= 11 is 3.47. The SMILES string of the molecule is Cc1nn(-c2ccccc2)c(C)c1NC(=O)COc1ccc2cc(Br)ccc2c1. The highest BCUT2D eigenvalue weighted by Crippen LogP contribution is 2.25. The Kier molecular flexibility index (Phi) is 5.36. The van der Waals surface area contributed by atoms with Gasteiger partial charge in [0.05, 0.1) is 22.8 Å². The second kappa shape index (κ2) is 8.09. The van der Waals surface area contributed by atoms with E-state index in [-0.39, 0.29) is 12.5 Å². The molecule has 1 aromatic heterocycles. The summed E-state index contributed by atoms with van der Waals surface area (Å²) in [4.78, 5) is 12.5. The summed E-state index contributed by atoms with van der Waals surface area (Å²) < 4.78 is 8.55. The minimum Gasteiger partial charge on any atom is -0.484 e. The van der Waals surface area contributed by atoms with Crippen LogP contribution in [-0.4, -0.2) is 22.3 Å². The molecule has 3 aromatic carbocycles. The van der Waals surface area contributed by atoms with E-state index in [4.69, 9.17) is 4.74 Å². The number of aromatic nitrogens is 2. The lowest BCUT2D eigenvalue weighted by Gasteiger charge is -2.09. The third kappa shape index (κ3) is 4.17. The molecule has 1 N–H and O–H groups in total. The number of fused-ring (bicyclic) bond motifs is 1. The fourth-order valence-corrected chi connectivity index (χ4v) is 3.63. The van der Waals surface area contributed by atoms with E-state index in [0.29, 0.717) is 11.4 Å². The molecule has 0 spiro atoms. The molecule has 0 aliphatic carbocycles. The number of hydrogen-bond donors (Lipinski definition) is 1. The van der Waals surface area contributed by atoms with Gasteiger partial charge in [0.15, 0.2) is 6.61 Å². The summed E-state index contributed by atoms with van der Waals surface area (Å²) in [6, 6.07) is 21.6. The topological polar surface area (TPSA) is 56.2 Å². The maximum Gasteiger partial charge on any atom is 0.262 e. The van der Waals surface area contributed by atoms with Crippen LogP contribution in [-0.2, 0) is 4.79 Å². The van der Waals surface area contributed by atoms with Crippen LogP contribution in [0.5, 0.6) is 5.75 Å². The number of anilines is 1. The Labute approximate surface area is 177 Å². The normalized spacial score (nSPS) is 10.9. The number of para-hydroxylation sites is 1. The predicted octanol–water partition coefficient (Wildman–Crippen LogP) is 5.42. The zero-order chi connectivity index (χ0) is 20.4. The van der Waals surface area contributed by atoms with Gasteiger partial charge in [-0.3, -0.25) is 4.79 Å². The number of benzene rings is 3. The van der Waals surface area contributed by atoms with Gasteiger partial charge in [0.1, 0.15) is 5.75 Å². The van der Waals surface area contributed by atoms with Crippen LogP contribution >= 0.6 is 15.9 Å². The Hall–Kier alpha value is -3.12. The first-order chi connectivity index (χ1) is 14.0. The second-order valence-electron chi connectivity index (χ2n) is 6.78. The lowest BCUT2D eigenvalue weighted by Crippen LogP contribution is -2.20. The lowest BCUT2D eigenvalue weighted by atomic mass is 10.1. The Morgan fingerprint density at radius 2 is 1.76 bits per heavy atom. The predicted molar refractivity (Wildman–Crippen MR) is 119 cm³/mol. The van der Waals surface area contributed by atoms with E-state index >= 15 is 0 Å². The van der Waals surface area contributed by atoms with E-state index in [1.807, 2.05) is 85.3 Å². The minimum absolute atomic E-state index is 0.0720. The number of halogens is 1. The van der Waals surface area contributed by atoms with E-state index < -0.39 is 0 Å². The third-order valence-corrected chi connectivity index (χ3v) is 5.19. The van der Waals surface area contributed by atoms with Gasteiger partial charge >= 0.3 is 0 Å². The number of nitrogens with one attached hydrogen (secondary N) is 1. The fourth-order valence-electron chi connectivity index (χ4n) is 3.25. The number of carbonyl (C=O) groups excluding carboxylic acids is 1. The van der Waals surface area contributed by atoms with E-state index in [0.717, 1.165) is 32.3 Å². The molecule has 146 valence electrons. The molecule has 4 rings (SSSR count). The molecule has 0 saturated heterocycles. The molecular formula is C23H20BrN3O2. The van der Waals surface area contributed by atoms with Crippen molar-refractivity contribution in [3.63, 3.8) is 0 Å². The van der Waals surface area contributed by atoms with Crippen LogP contribution in [0.15, 0.2) is 71.2 Å². The lowest BCUT2D eigenvalue weighted by molar-refractivity contribution is -0.118. The Bertz CT molecular complexity index is 1190. The molecule has 0 atom stereocenters. The van der Waals surface area contributed by atoms with Crippen molar-refractivity contribution in [3.05, 3.63) is 82.6 Å². The molecule has 0 aliphatic rings. The molecule has 29 heavy (non-hydrogen) atoms. The second-order valence-corrected chi connectivity index (χ2v) is 7.70. The highest BCUT2D eigenvalue weighted by atomic mass is 79.9. The van der Waals surface area contributed by atoms with Gasteiger partial charge in [0.2, 0.25) is 0 Å². The van der Waals surface area contributed by atoms with Gasteiger partial charge in [-0.2, -0.15) is 5.10 Å². The summed E-state index contributed by atoms with van der Waals surface area (Å²) in [5.41, 5.74) is 3.30. The van der Waals surface area contributed by atoms with E-state index in [1.165, 1.54) is 0 Å². The van der Waals surface area contributed by atoms with Crippen LogP contribution in [0.25, 0.3) is 16.5 Å². The Balaban J connectivity index is 1.45. The zero-order valence-electron chi connectivity index (χ0n) is 16.1. The van der Waals surface area contributed by atoms with Crippen molar-refractivity contribution in [1.29, 1.82) is 0 Å². The van der Waals surface area contributed by atoms with Gasteiger partial charge in [0, 0.05) is 4.47 Å². The van der Waals surface area contributed by atoms with Gasteiger partial charge in [-0.05, 0) is 61.0 Å². The molecule has 0 radical (unpaired) electrons. The summed E-state index contributed by atoms with van der Waals surface area (Å²) in [6.07, 6.45) is 0. The highest BCUT2D eigenvalue weighted by Gasteiger charge is 2.15. The average Bonchev–Trinajstić information content (AvgIpc) is 3.01. The molecule has 0 unspecified atom stereocenters. The van der Waals surface area contributed by atoms with Gasteiger partial charge < -0.3 is 10.1 Å². The number of aryl methyl sites for hydroxylation is 1. The zero-order valence-corrected chi connectivity index (χ0v) is 17.7. The first-order valence-electron chi connectivity index (χ1n) is 9.25. The van der Waals surface area contributed by atoms with Gasteiger partial charge in [-0.15, -0.1) is 0 Å². The van der Waals surface area contributed by atoms with Crippen LogP contribution in [0.4, 0.5) is 5.69 Å². The largest absolute Gasteiger partial charge is 0.484 e. The first kappa shape index (κ1) is 19.2. The molecule has 1 heterocycles. The van der Waals surface area contributed by atoms with Crippen LogP contribution < -0.4 is 10.1 Å². The molecule has 0 aliphatic heterocycles. The van der Waals surface area contributed by atoms with Crippen LogP contribution in [0, 0.1) is 13.8 Å². The first-order valence-corrected chi connectivity index (χ1v) is 10.0. The standard InChI is InChI=1S/C23H20BrN3O2/c1-15-23(16(2)27(26-15)20-6-4-3-5-7-20)25-22(28)14-29-21-11-9-17-12-19(24)10-8-18(17)13-21/h3-13H,14H2,1-2H3,(H,25,28). The smallest absolute Gasteiger partial charge is 0.262 e. The summed E-state index contributed by atoms with van der Waals surface area (Å²) in [5, 5.41) is 9.64. The molecular weight excluding hydrogens is 430 g/mol. The number of hydrogen-bond acceptors (Lipinski definition) is 3. The van der Waals surface area contributed by atoms with Crippen LogP contribution in [0.2, 0.25) is 0 Å². The Morgan fingerprint density at radius 3 is 2.55 bits per heavy atom. The number of nitrogens with zero attached hydrogens (tertiary/aromatic N) is 2. The number of ether oxygens (including phenoxy) is 1. The number of rotatable bonds is 5. The van der Waals surface area contributed by atoms with Gasteiger partial charge in [-0.1, -0.05) is 46.3 Å². The van der Waals surface area contributed by atoms with Gasteiger partial charge in [-0.25, -0.2) is 4.68 Å². The third-order valence-electron chi connectivity index (χ3n) is 4.70. The monoisotopic (exact) mass is 449 g/mol. The van der Waals surface area contributed by atoms with Crippen LogP contribution in [0.1, 0.15) is 11.4 Å². The van der Waals surface area contributed by atoms with Crippen molar-refractivity contribution in [2.45, 2.75) is 13.8 Å². The summed E-state index contributed by atoms with van der Waals surface area (Å²) in [7, 11) is 0. The number of carbonyl (C=O) groups is 1. The van der Waals surface area contributed by atoms with Crippen molar-refractivity contribution >= 4 is 38.3 Å². The van der Waals surface area contributed by atoms with Crippen molar-refractivity contribution in [2.24, 2.45) is 0 Å². The molecule has 4 aromatic rings. The number of amides is 1. The van der Waals surface area contributed by atoms with E-state index in [2.05, 4.69) is 26.3 Å². The van der Waals surface area contributed by atoms with E-state index in [9.17, 15) is 4.79 Å². The van der Waals surface area contributed by atoms with Crippen molar-refractivity contribution in [2.75, 3.05) is 11.9 Å². The molecule has 5 nitrogen and oxygen atoms in total. The summed E-state index contributed by atoms with van der Waals surface area (Å²) in [6.45, 7) is 3.74. The highest BCUT2D eigenvalue weighted by molar-refractivity contribution is 9.10. The summed E-state index contributed by atoms with van der Waals surface area (Å²) in [5.74, 6) is 0.433. The van der Waals surface area contributed by atoms with Crippen LogP contribution in [0.3, 0.4) is 0 Å². The Morgan fingerprint density at radius 1 is 1.03 bits per heavy atom. The molecule has 0 fully saturated rings. The quantitative estimate of drug-likeness (QED) is 0.442. The molecule has 0 bridgehead atoms. The fraction of sp³-hybridized carbons (Fsp3) is 0.130. The maximum atomic E-state index is 12.5. The molecule has 0 saturated carbocycles. The molecule has 1 amide bonds. The minimum atomic E-state index is -0.222. The van der Waals surface area contributed by atoms with Crippen molar-refractivity contribution in [1.82, 2.24) is 9.78 Å². The maximum absolute atomic E-state index is 12.5. The van der Waals surface area contributed by atoms with Crippen molar-refractivity contribution in [3.8, 4) is 11.4 Å². The average molecular weight is 450 g/mol. The van der Waals surface area contributed by atoms with E-state index in [1.54, 1.807) is 0 Å². The van der Waals surface area contributed by atoms with Crippen molar-refractivity contribution < 1.29 is 9.53 Å². The molecule has 6 heteroatoms. The van der Waals surface area contributed by atoms with Gasteiger partial charge in [0.25, 0.3) is 5.91 Å².